The molecule has 16 heavy (non-hydrogen) atoms. The molecule has 0 aliphatic heterocycles. The SMILES string of the molecule is N#Cc1nccn1-c1ncnc2sccc12. The predicted molar refractivity (Wildman–Crippen MR) is 59.3 cm³/mol. The normalized spacial score (nSPS) is 10.4. The Kier molecular flexibility index (Phi) is 1.91. The fourth-order valence-electron chi connectivity index (χ4n) is 1.53. The number of fused-ring (bicyclic) bond motifs is 1. The first-order chi connectivity index (χ1) is 7.90. The summed E-state index contributed by atoms with van der Waals surface area (Å²) >= 11 is 1.54. The van der Waals surface area contributed by atoms with Crippen molar-refractivity contribution in [3.05, 3.63) is 36.0 Å². The molecule has 0 N–H and O–H groups in total. The van der Waals surface area contributed by atoms with Crippen LogP contribution in [0.3, 0.4) is 0 Å². The van der Waals surface area contributed by atoms with E-state index in [1.807, 2.05) is 17.5 Å². The van der Waals surface area contributed by atoms with Crippen molar-refractivity contribution in [3.8, 4) is 11.9 Å². The second-order valence-electron chi connectivity index (χ2n) is 3.07. The van der Waals surface area contributed by atoms with Crippen LogP contribution in [0.4, 0.5) is 0 Å². The molecule has 0 aliphatic rings. The van der Waals surface area contributed by atoms with E-state index >= 15 is 0 Å². The van der Waals surface area contributed by atoms with Crippen LogP contribution in [0.1, 0.15) is 5.82 Å². The minimum atomic E-state index is 0.325. The molecule has 5 nitrogen and oxygen atoms in total. The summed E-state index contributed by atoms with van der Waals surface area (Å²) in [4.78, 5) is 13.2. The van der Waals surface area contributed by atoms with E-state index in [1.54, 1.807) is 28.3 Å². The van der Waals surface area contributed by atoms with Gasteiger partial charge in [0.25, 0.3) is 0 Å². The molecule has 6 heteroatoms. The Balaban J connectivity index is 2.35. The number of rotatable bonds is 1. The molecule has 0 aromatic carbocycles. The van der Waals surface area contributed by atoms with Crippen LogP contribution in [0.2, 0.25) is 0 Å². The summed E-state index contributed by atoms with van der Waals surface area (Å²) in [6.45, 7) is 0. The third-order valence-corrected chi connectivity index (χ3v) is 3.03. The van der Waals surface area contributed by atoms with Gasteiger partial charge in [0.2, 0.25) is 5.82 Å². The van der Waals surface area contributed by atoms with E-state index in [1.165, 1.54) is 6.33 Å². The molecule has 0 radical (unpaired) electrons. The van der Waals surface area contributed by atoms with Gasteiger partial charge in [0.15, 0.2) is 5.82 Å². The third-order valence-electron chi connectivity index (χ3n) is 2.21. The van der Waals surface area contributed by atoms with E-state index in [-0.39, 0.29) is 0 Å². The van der Waals surface area contributed by atoms with Gasteiger partial charge in [-0.25, -0.2) is 15.0 Å². The summed E-state index contributed by atoms with van der Waals surface area (Å²) < 4.78 is 1.66. The molecule has 0 fully saturated rings. The maximum Gasteiger partial charge on any atom is 0.218 e. The number of nitriles is 1. The molecule has 3 aromatic rings. The molecule has 0 atom stereocenters. The maximum absolute atomic E-state index is 8.92. The topological polar surface area (TPSA) is 67.4 Å². The zero-order valence-electron chi connectivity index (χ0n) is 8.03. The molecule has 76 valence electrons. The highest BCUT2D eigenvalue weighted by atomic mass is 32.1. The summed E-state index contributed by atoms with van der Waals surface area (Å²) in [6.07, 6.45) is 4.80. The Hall–Kier alpha value is -2.26. The highest BCUT2D eigenvalue weighted by Gasteiger charge is 2.10. The van der Waals surface area contributed by atoms with E-state index in [4.69, 9.17) is 5.26 Å². The predicted octanol–water partition coefficient (Wildman–Crippen LogP) is 1.75. The van der Waals surface area contributed by atoms with Gasteiger partial charge < -0.3 is 0 Å². The van der Waals surface area contributed by atoms with Crippen molar-refractivity contribution in [1.29, 1.82) is 5.26 Å². The first kappa shape index (κ1) is 9.00. The van der Waals surface area contributed by atoms with Gasteiger partial charge in [0.1, 0.15) is 17.2 Å². The monoisotopic (exact) mass is 227 g/mol. The molecular weight excluding hydrogens is 222 g/mol. The highest BCUT2D eigenvalue weighted by molar-refractivity contribution is 7.16. The standard InChI is InChI=1S/C10H5N5S/c11-5-8-12-2-3-15(8)9-7-1-4-16-10(7)14-6-13-9/h1-4,6H. The van der Waals surface area contributed by atoms with Gasteiger partial charge in [-0.3, -0.25) is 4.57 Å². The van der Waals surface area contributed by atoms with Gasteiger partial charge in [-0.05, 0) is 11.4 Å². The lowest BCUT2D eigenvalue weighted by Crippen LogP contribution is -2.00. The Bertz CT molecular complexity index is 690. The van der Waals surface area contributed by atoms with Crippen molar-refractivity contribution in [2.24, 2.45) is 0 Å². The Morgan fingerprint density at radius 1 is 1.31 bits per heavy atom. The Morgan fingerprint density at radius 2 is 2.25 bits per heavy atom. The summed E-state index contributed by atoms with van der Waals surface area (Å²) in [7, 11) is 0. The minimum Gasteiger partial charge on any atom is -0.275 e. The van der Waals surface area contributed by atoms with Crippen LogP contribution in [0.5, 0.6) is 0 Å². The van der Waals surface area contributed by atoms with Crippen molar-refractivity contribution in [2.75, 3.05) is 0 Å². The Morgan fingerprint density at radius 3 is 3.12 bits per heavy atom. The van der Waals surface area contributed by atoms with Crippen LogP contribution >= 0.6 is 11.3 Å². The molecule has 3 rings (SSSR count). The van der Waals surface area contributed by atoms with Gasteiger partial charge in [-0.2, -0.15) is 5.26 Å². The lowest BCUT2D eigenvalue weighted by atomic mass is 10.4. The van der Waals surface area contributed by atoms with Crippen molar-refractivity contribution in [1.82, 2.24) is 19.5 Å². The highest BCUT2D eigenvalue weighted by Crippen LogP contribution is 2.23. The van der Waals surface area contributed by atoms with Crippen LogP contribution < -0.4 is 0 Å². The number of hydrogen-bond acceptors (Lipinski definition) is 5. The lowest BCUT2D eigenvalue weighted by molar-refractivity contribution is 0.970. The number of imidazole rings is 1. The van der Waals surface area contributed by atoms with Gasteiger partial charge in [0.05, 0.1) is 5.39 Å². The van der Waals surface area contributed by atoms with Crippen LogP contribution in [0.25, 0.3) is 16.0 Å². The molecule has 0 saturated heterocycles. The van der Waals surface area contributed by atoms with Gasteiger partial charge in [-0.1, -0.05) is 0 Å². The molecule has 0 unspecified atom stereocenters. The number of thiophene rings is 1. The van der Waals surface area contributed by atoms with Crippen LogP contribution in [-0.4, -0.2) is 19.5 Å². The summed E-state index contributed by atoms with van der Waals surface area (Å²) in [5, 5.41) is 11.8. The number of hydrogen-bond donors (Lipinski definition) is 0. The fraction of sp³-hybridized carbons (Fsp3) is 0. The molecule has 0 aliphatic carbocycles. The van der Waals surface area contributed by atoms with Crippen LogP contribution in [0.15, 0.2) is 30.2 Å². The molecule has 0 bridgehead atoms. The first-order valence-electron chi connectivity index (χ1n) is 4.52. The summed E-state index contributed by atoms with van der Waals surface area (Å²) in [5.41, 5.74) is 0. The van der Waals surface area contributed by atoms with Crippen molar-refractivity contribution in [2.45, 2.75) is 0 Å². The molecular formula is C10H5N5S. The van der Waals surface area contributed by atoms with E-state index < -0.39 is 0 Å². The molecule has 0 amide bonds. The van der Waals surface area contributed by atoms with Gasteiger partial charge >= 0.3 is 0 Å². The van der Waals surface area contributed by atoms with Crippen molar-refractivity contribution in [3.63, 3.8) is 0 Å². The Labute approximate surface area is 94.6 Å². The summed E-state index contributed by atoms with van der Waals surface area (Å²) in [6, 6.07) is 3.97. The van der Waals surface area contributed by atoms with E-state index in [9.17, 15) is 0 Å². The van der Waals surface area contributed by atoms with Gasteiger partial charge in [-0.15, -0.1) is 11.3 Å². The van der Waals surface area contributed by atoms with E-state index in [0.717, 1.165) is 10.2 Å². The smallest absolute Gasteiger partial charge is 0.218 e. The van der Waals surface area contributed by atoms with E-state index in [2.05, 4.69) is 15.0 Å². The average molecular weight is 227 g/mol. The molecule has 0 spiro atoms. The van der Waals surface area contributed by atoms with Crippen LogP contribution in [0, 0.1) is 11.3 Å². The molecule has 3 heterocycles. The molecule has 0 saturated carbocycles. The molecule has 3 aromatic heterocycles. The summed E-state index contributed by atoms with van der Waals surface area (Å²) in [5.74, 6) is 1.02. The van der Waals surface area contributed by atoms with Crippen molar-refractivity contribution < 1.29 is 0 Å². The fourth-order valence-corrected chi connectivity index (χ4v) is 2.25. The largest absolute Gasteiger partial charge is 0.275 e. The second-order valence-corrected chi connectivity index (χ2v) is 3.96. The zero-order chi connectivity index (χ0) is 11.0. The van der Waals surface area contributed by atoms with Crippen molar-refractivity contribution >= 4 is 21.6 Å². The third kappa shape index (κ3) is 1.19. The lowest BCUT2D eigenvalue weighted by Gasteiger charge is -2.02. The van der Waals surface area contributed by atoms with Crippen LogP contribution in [-0.2, 0) is 0 Å². The minimum absolute atomic E-state index is 0.325. The maximum atomic E-state index is 8.92. The van der Waals surface area contributed by atoms with Gasteiger partial charge in [0, 0.05) is 12.4 Å². The number of nitrogens with zero attached hydrogens (tertiary/aromatic N) is 5. The quantitative estimate of drug-likeness (QED) is 0.635. The van der Waals surface area contributed by atoms with E-state index in [0.29, 0.717) is 11.6 Å². The average Bonchev–Trinajstić information content (AvgIpc) is 2.96. The second kappa shape index (κ2) is 3.40. The zero-order valence-corrected chi connectivity index (χ0v) is 8.85. The first-order valence-corrected chi connectivity index (χ1v) is 5.40. The number of aromatic nitrogens is 4.